The van der Waals surface area contributed by atoms with Crippen LogP contribution in [0.15, 0.2) is 231 Å². The molecule has 11 aromatic rings. The van der Waals surface area contributed by atoms with Gasteiger partial charge in [0.2, 0.25) is 0 Å². The fraction of sp³-hybridized carbons (Fsp3) is 0.121. The maximum atomic E-state index is 2.46. The van der Waals surface area contributed by atoms with Crippen molar-refractivity contribution in [3.8, 4) is 22.3 Å². The lowest BCUT2D eigenvalue weighted by molar-refractivity contribution is 0.647. The van der Waals surface area contributed by atoms with Gasteiger partial charge in [-0.25, -0.2) is 0 Å². The molecule has 0 aliphatic heterocycles. The monoisotopic (exact) mass is 876 g/mol. The van der Waals surface area contributed by atoms with Gasteiger partial charge in [-0.15, -0.1) is 0 Å². The van der Waals surface area contributed by atoms with Crippen molar-refractivity contribution >= 4 is 77.2 Å². The molecule has 0 N–H and O–H groups in total. The molecule has 0 fully saturated rings. The molecule has 0 aliphatic rings. The van der Waals surface area contributed by atoms with E-state index in [1.165, 1.54) is 76.5 Å². The van der Waals surface area contributed by atoms with E-state index in [1.54, 1.807) is 0 Å². The van der Waals surface area contributed by atoms with Gasteiger partial charge in [0, 0.05) is 33.5 Å². The van der Waals surface area contributed by atoms with E-state index in [4.69, 9.17) is 0 Å². The maximum Gasteiger partial charge on any atom is 0.0540 e. The molecule has 0 atom stereocenters. The average Bonchev–Trinajstić information content (AvgIpc) is 3.37. The predicted molar refractivity (Wildman–Crippen MR) is 294 cm³/mol. The van der Waals surface area contributed by atoms with E-state index >= 15 is 0 Å². The van der Waals surface area contributed by atoms with E-state index in [0.717, 1.165) is 47.0 Å². The topological polar surface area (TPSA) is 6.48 Å². The number of anilines is 6. The van der Waals surface area contributed by atoms with Gasteiger partial charge in [-0.05, 0) is 151 Å². The Morgan fingerprint density at radius 3 is 1.04 bits per heavy atom. The van der Waals surface area contributed by atoms with Gasteiger partial charge >= 0.3 is 0 Å². The van der Waals surface area contributed by atoms with Crippen LogP contribution in [0.25, 0.3) is 65.3 Å². The lowest BCUT2D eigenvalue weighted by Gasteiger charge is -2.29. The van der Waals surface area contributed by atoms with Gasteiger partial charge in [-0.1, -0.05) is 198 Å². The number of hydrogen-bond donors (Lipinski definition) is 0. The Morgan fingerprint density at radius 1 is 0.294 bits per heavy atom. The molecule has 0 saturated carbocycles. The first-order chi connectivity index (χ1) is 33.4. The minimum Gasteiger partial charge on any atom is -0.310 e. The molecule has 2 heteroatoms. The molecule has 0 bridgehead atoms. The second kappa shape index (κ2) is 18.4. The number of nitrogens with zero attached hydrogens (tertiary/aromatic N) is 2. The Hall–Kier alpha value is -7.94. The third-order valence-electron chi connectivity index (χ3n) is 13.4. The van der Waals surface area contributed by atoms with Crippen molar-refractivity contribution < 1.29 is 0 Å². The Kier molecular flexibility index (Phi) is 11.5. The molecule has 0 heterocycles. The largest absolute Gasteiger partial charge is 0.310 e. The Morgan fingerprint density at radius 2 is 0.647 bits per heavy atom. The second-order valence-corrected chi connectivity index (χ2v) is 19.1. The molecule has 2 nitrogen and oxygen atoms in total. The lowest BCUT2D eigenvalue weighted by Crippen LogP contribution is -2.11. The summed E-state index contributed by atoms with van der Waals surface area (Å²) in [6, 6.07) is 85.6. The quantitative estimate of drug-likeness (QED) is 0.113. The molecule has 0 saturated heterocycles. The summed E-state index contributed by atoms with van der Waals surface area (Å²) in [5, 5.41) is 9.70. The number of benzene rings is 11. The van der Waals surface area contributed by atoms with Crippen LogP contribution in [0, 0.1) is 11.8 Å². The maximum absolute atomic E-state index is 2.46. The van der Waals surface area contributed by atoms with Crippen LogP contribution in [0.2, 0.25) is 0 Å². The van der Waals surface area contributed by atoms with Crippen molar-refractivity contribution in [2.45, 2.75) is 40.5 Å². The number of rotatable bonds is 12. The summed E-state index contributed by atoms with van der Waals surface area (Å²) in [5.41, 5.74) is 14.3. The zero-order chi connectivity index (χ0) is 46.1. The van der Waals surface area contributed by atoms with Crippen LogP contribution in [-0.2, 0) is 12.8 Å². The molecule has 0 unspecified atom stereocenters. The summed E-state index contributed by atoms with van der Waals surface area (Å²) in [6.45, 7) is 9.16. The molecule has 0 aliphatic carbocycles. The first kappa shape index (κ1) is 42.7. The van der Waals surface area contributed by atoms with Crippen molar-refractivity contribution in [3.05, 3.63) is 242 Å². The summed E-state index contributed by atoms with van der Waals surface area (Å²) in [7, 11) is 0. The minimum absolute atomic E-state index is 0.582. The van der Waals surface area contributed by atoms with Crippen LogP contribution < -0.4 is 9.80 Å². The highest BCUT2D eigenvalue weighted by molar-refractivity contribution is 6.23. The Bertz CT molecular complexity index is 3300. The van der Waals surface area contributed by atoms with E-state index in [1.807, 2.05) is 0 Å². The molecule has 11 aromatic carbocycles. The van der Waals surface area contributed by atoms with Gasteiger partial charge in [0.1, 0.15) is 0 Å². The van der Waals surface area contributed by atoms with E-state index in [0.29, 0.717) is 11.8 Å². The predicted octanol–water partition coefficient (Wildman–Crippen LogP) is 19.0. The molecule has 0 spiro atoms. The first-order valence-electron chi connectivity index (χ1n) is 24.3. The van der Waals surface area contributed by atoms with Crippen molar-refractivity contribution in [2.24, 2.45) is 11.8 Å². The molecular formula is C66H56N2. The summed E-state index contributed by atoms with van der Waals surface area (Å²) in [5.74, 6) is 1.16. The molecular weight excluding hydrogens is 821 g/mol. The van der Waals surface area contributed by atoms with E-state index in [2.05, 4.69) is 268 Å². The zero-order valence-corrected chi connectivity index (χ0v) is 39.4. The number of fused-ring (bicyclic) bond motifs is 4. The molecule has 68 heavy (non-hydrogen) atoms. The molecule has 11 rings (SSSR count). The molecule has 0 radical (unpaired) electrons. The first-order valence-corrected chi connectivity index (χ1v) is 24.3. The SMILES string of the molecule is CC(C)Cc1ccc(N(c2ccc3c(-c4ccccc4)c4cc(N(c5ccc(CC(C)C)cc5)c5cccc6ccccc56)ccc4c(-c4ccccc4)c3c2)c2cccc3ccccc23)cc1. The highest BCUT2D eigenvalue weighted by Gasteiger charge is 2.23. The van der Waals surface area contributed by atoms with Crippen LogP contribution >= 0.6 is 0 Å². The van der Waals surface area contributed by atoms with Gasteiger partial charge in [0.05, 0.1) is 11.4 Å². The normalized spacial score (nSPS) is 11.6. The van der Waals surface area contributed by atoms with Crippen LogP contribution in [-0.4, -0.2) is 0 Å². The Balaban J connectivity index is 1.19. The second-order valence-electron chi connectivity index (χ2n) is 19.1. The fourth-order valence-electron chi connectivity index (χ4n) is 10.5. The standard InChI is InChI=1S/C66H56N2/c1-45(2)41-47-29-33-53(34-30-47)67(63-27-15-23-49-17-11-13-25-57(49)63)55-37-39-59-61(43-55)65(51-19-7-5-8-20-51)60-40-38-56(44-62(60)66(59)52-21-9-6-10-22-52)68(54-35-31-48(32-36-54)42-46(3)4)64-28-16-24-50-18-12-14-26-58(50)64/h5-40,43-46H,41-42H2,1-4H3. The van der Waals surface area contributed by atoms with E-state index < -0.39 is 0 Å². The van der Waals surface area contributed by atoms with Gasteiger partial charge < -0.3 is 9.80 Å². The lowest BCUT2D eigenvalue weighted by atomic mass is 9.85. The van der Waals surface area contributed by atoms with Crippen LogP contribution in [0.5, 0.6) is 0 Å². The van der Waals surface area contributed by atoms with Crippen molar-refractivity contribution in [2.75, 3.05) is 9.80 Å². The van der Waals surface area contributed by atoms with Crippen LogP contribution in [0.1, 0.15) is 38.8 Å². The van der Waals surface area contributed by atoms with Gasteiger partial charge in [-0.3, -0.25) is 0 Å². The highest BCUT2D eigenvalue weighted by atomic mass is 15.1. The average molecular weight is 877 g/mol. The Labute approximate surface area is 401 Å². The van der Waals surface area contributed by atoms with Crippen LogP contribution in [0.3, 0.4) is 0 Å². The zero-order valence-electron chi connectivity index (χ0n) is 39.4. The van der Waals surface area contributed by atoms with Crippen molar-refractivity contribution in [1.29, 1.82) is 0 Å². The van der Waals surface area contributed by atoms with Crippen LogP contribution in [0.4, 0.5) is 34.1 Å². The number of hydrogen-bond acceptors (Lipinski definition) is 2. The van der Waals surface area contributed by atoms with Crippen molar-refractivity contribution in [1.82, 2.24) is 0 Å². The van der Waals surface area contributed by atoms with Gasteiger partial charge in [0.25, 0.3) is 0 Å². The van der Waals surface area contributed by atoms with Gasteiger partial charge in [-0.2, -0.15) is 0 Å². The third-order valence-corrected chi connectivity index (χ3v) is 13.4. The van der Waals surface area contributed by atoms with E-state index in [-0.39, 0.29) is 0 Å². The smallest absolute Gasteiger partial charge is 0.0540 e. The third kappa shape index (κ3) is 8.18. The summed E-state index contributed by atoms with van der Waals surface area (Å²) in [6.07, 6.45) is 2.10. The van der Waals surface area contributed by atoms with Crippen molar-refractivity contribution in [3.63, 3.8) is 0 Å². The molecule has 0 amide bonds. The summed E-state index contributed by atoms with van der Waals surface area (Å²) < 4.78 is 0. The summed E-state index contributed by atoms with van der Waals surface area (Å²) in [4.78, 5) is 4.92. The highest BCUT2D eigenvalue weighted by Crippen LogP contribution is 2.49. The minimum atomic E-state index is 0.582. The fourth-order valence-corrected chi connectivity index (χ4v) is 10.5. The molecule has 0 aromatic heterocycles. The van der Waals surface area contributed by atoms with E-state index in [9.17, 15) is 0 Å². The van der Waals surface area contributed by atoms with Gasteiger partial charge in [0.15, 0.2) is 0 Å². The summed E-state index contributed by atoms with van der Waals surface area (Å²) >= 11 is 0. The molecule has 330 valence electrons.